The Morgan fingerprint density at radius 2 is 1.83 bits per heavy atom. The number of para-hydroxylation sites is 1. The fourth-order valence-electron chi connectivity index (χ4n) is 3.00. The van der Waals surface area contributed by atoms with Crippen molar-refractivity contribution < 1.29 is 19.0 Å². The van der Waals surface area contributed by atoms with Crippen molar-refractivity contribution in [3.05, 3.63) is 54.1 Å². The number of fused-ring (bicyclic) bond motifs is 1. The van der Waals surface area contributed by atoms with Crippen molar-refractivity contribution >= 4 is 39.4 Å². The van der Waals surface area contributed by atoms with Crippen molar-refractivity contribution in [3.8, 4) is 22.8 Å². The molecule has 3 rings (SSSR count). The fraction of sp³-hybridized carbons (Fsp3) is 0.273. The molecule has 0 fully saturated rings. The molecule has 0 unspecified atom stereocenters. The van der Waals surface area contributed by atoms with Crippen LogP contribution in [0.15, 0.2) is 48.5 Å². The monoisotopic (exact) mass is 506 g/mol. The highest BCUT2D eigenvalue weighted by Gasteiger charge is 2.15. The molecule has 1 heterocycles. The third-order valence-corrected chi connectivity index (χ3v) is 4.83. The molecular weight excluding hydrogens is 483 g/mol. The van der Waals surface area contributed by atoms with Crippen LogP contribution in [0.1, 0.15) is 10.4 Å². The maximum atomic E-state index is 12.9. The zero-order chi connectivity index (χ0) is 20.6. The molecule has 0 saturated heterocycles. The predicted octanol–water partition coefficient (Wildman–Crippen LogP) is 4.10. The topological polar surface area (TPSA) is 69.7 Å². The molecule has 1 aromatic heterocycles. The second-order valence-electron chi connectivity index (χ2n) is 6.20. The highest BCUT2D eigenvalue weighted by Crippen LogP contribution is 2.33. The summed E-state index contributed by atoms with van der Waals surface area (Å²) in [6.45, 7) is 1.62. The Morgan fingerprint density at radius 3 is 2.59 bits per heavy atom. The van der Waals surface area contributed by atoms with Gasteiger partial charge in [-0.05, 0) is 30.3 Å². The van der Waals surface area contributed by atoms with Gasteiger partial charge in [-0.3, -0.25) is 4.79 Å². The molecule has 152 valence electrons. The molecular formula is C22H23IN2O4. The van der Waals surface area contributed by atoms with Crippen molar-refractivity contribution in [3.63, 3.8) is 0 Å². The molecule has 0 spiro atoms. The molecule has 1 N–H and O–H groups in total. The molecule has 0 aliphatic carbocycles. The first-order chi connectivity index (χ1) is 14.2. The van der Waals surface area contributed by atoms with Gasteiger partial charge >= 0.3 is 0 Å². The number of aromatic nitrogens is 1. The van der Waals surface area contributed by atoms with Crippen LogP contribution in [0.3, 0.4) is 0 Å². The van der Waals surface area contributed by atoms with E-state index in [1.54, 1.807) is 14.2 Å². The lowest BCUT2D eigenvalue weighted by molar-refractivity contribution is 0.0926. The predicted molar refractivity (Wildman–Crippen MR) is 122 cm³/mol. The SMILES string of the molecule is COc1ccc(-c2cc(C(=O)NCCOCCI)c3ccccc3n2)cc1OC. The maximum absolute atomic E-state index is 12.9. The number of alkyl halides is 1. The summed E-state index contributed by atoms with van der Waals surface area (Å²) < 4.78 is 17.1. The zero-order valence-corrected chi connectivity index (χ0v) is 18.6. The number of halogens is 1. The van der Waals surface area contributed by atoms with Crippen LogP contribution in [0.25, 0.3) is 22.2 Å². The van der Waals surface area contributed by atoms with Crippen molar-refractivity contribution in [2.45, 2.75) is 0 Å². The first kappa shape index (κ1) is 21.3. The molecule has 0 aliphatic rings. The van der Waals surface area contributed by atoms with Crippen molar-refractivity contribution in [1.29, 1.82) is 0 Å². The highest BCUT2D eigenvalue weighted by molar-refractivity contribution is 14.1. The molecule has 2 aromatic carbocycles. The van der Waals surface area contributed by atoms with Gasteiger partial charge in [0.2, 0.25) is 0 Å². The molecule has 29 heavy (non-hydrogen) atoms. The summed E-state index contributed by atoms with van der Waals surface area (Å²) in [6.07, 6.45) is 0. The summed E-state index contributed by atoms with van der Waals surface area (Å²) >= 11 is 2.25. The summed E-state index contributed by atoms with van der Waals surface area (Å²) in [5.74, 6) is 1.10. The maximum Gasteiger partial charge on any atom is 0.252 e. The second kappa shape index (κ2) is 10.4. The van der Waals surface area contributed by atoms with Gasteiger partial charge in [0.1, 0.15) is 0 Å². The van der Waals surface area contributed by atoms with E-state index in [9.17, 15) is 4.79 Å². The van der Waals surface area contributed by atoms with E-state index in [4.69, 9.17) is 19.2 Å². The standard InChI is InChI=1S/C22H23IN2O4/c1-27-20-8-7-15(13-21(20)28-2)19-14-17(16-5-3-4-6-18(16)25-19)22(26)24-10-12-29-11-9-23/h3-8,13-14H,9-12H2,1-2H3,(H,24,26). The van der Waals surface area contributed by atoms with E-state index in [1.165, 1.54) is 0 Å². The van der Waals surface area contributed by atoms with E-state index in [-0.39, 0.29) is 5.91 Å². The van der Waals surface area contributed by atoms with Gasteiger partial charge in [0.05, 0.1) is 44.2 Å². The lowest BCUT2D eigenvalue weighted by Crippen LogP contribution is -2.27. The van der Waals surface area contributed by atoms with E-state index >= 15 is 0 Å². The first-order valence-electron chi connectivity index (χ1n) is 9.22. The van der Waals surface area contributed by atoms with Crippen LogP contribution in [0, 0.1) is 0 Å². The summed E-state index contributed by atoms with van der Waals surface area (Å²) in [4.78, 5) is 17.6. The van der Waals surface area contributed by atoms with Crippen LogP contribution in [0.5, 0.6) is 11.5 Å². The highest BCUT2D eigenvalue weighted by atomic mass is 127. The molecule has 0 bridgehead atoms. The number of nitrogens with one attached hydrogen (secondary N) is 1. The van der Waals surface area contributed by atoms with Gasteiger partial charge in [-0.2, -0.15) is 0 Å². The number of rotatable bonds is 9. The number of benzene rings is 2. The summed E-state index contributed by atoms with van der Waals surface area (Å²) in [5.41, 5.74) is 2.86. The number of hydrogen-bond acceptors (Lipinski definition) is 5. The molecule has 6 nitrogen and oxygen atoms in total. The van der Waals surface area contributed by atoms with Crippen molar-refractivity contribution in [1.82, 2.24) is 10.3 Å². The third-order valence-electron chi connectivity index (χ3n) is 4.39. The Bertz CT molecular complexity index is 994. The van der Waals surface area contributed by atoms with Crippen LogP contribution in [0.2, 0.25) is 0 Å². The number of hydrogen-bond donors (Lipinski definition) is 1. The molecule has 0 aliphatic heterocycles. The van der Waals surface area contributed by atoms with E-state index in [0.717, 1.165) is 20.9 Å². The van der Waals surface area contributed by atoms with Gasteiger partial charge in [0.15, 0.2) is 11.5 Å². The van der Waals surface area contributed by atoms with Crippen LogP contribution in [-0.4, -0.2) is 49.3 Å². The van der Waals surface area contributed by atoms with Gasteiger partial charge in [-0.15, -0.1) is 0 Å². The molecule has 0 saturated carbocycles. The van der Waals surface area contributed by atoms with E-state index in [1.807, 2.05) is 48.5 Å². The number of nitrogens with zero attached hydrogens (tertiary/aromatic N) is 1. The molecule has 1 amide bonds. The van der Waals surface area contributed by atoms with Gasteiger partial charge in [0.25, 0.3) is 5.91 Å². The normalized spacial score (nSPS) is 10.7. The molecule has 0 atom stereocenters. The second-order valence-corrected chi connectivity index (χ2v) is 7.28. The Kier molecular flexibility index (Phi) is 7.65. The number of methoxy groups -OCH3 is 2. The van der Waals surface area contributed by atoms with E-state index < -0.39 is 0 Å². The van der Waals surface area contributed by atoms with E-state index in [2.05, 4.69) is 27.9 Å². The fourth-order valence-corrected chi connectivity index (χ4v) is 3.31. The van der Waals surface area contributed by atoms with Crippen molar-refractivity contribution in [2.75, 3.05) is 38.4 Å². The smallest absolute Gasteiger partial charge is 0.252 e. The Balaban J connectivity index is 1.95. The summed E-state index contributed by atoms with van der Waals surface area (Å²) in [7, 11) is 3.19. The van der Waals surface area contributed by atoms with Gasteiger partial charge in [0, 0.05) is 21.9 Å². The third kappa shape index (κ3) is 5.16. The minimum absolute atomic E-state index is 0.150. The molecule has 0 radical (unpaired) electrons. The first-order valence-corrected chi connectivity index (χ1v) is 10.7. The lowest BCUT2D eigenvalue weighted by Gasteiger charge is -2.12. The molecule has 3 aromatic rings. The zero-order valence-electron chi connectivity index (χ0n) is 16.4. The quantitative estimate of drug-likeness (QED) is 0.269. The van der Waals surface area contributed by atoms with Gasteiger partial charge in [-0.25, -0.2) is 4.98 Å². The minimum Gasteiger partial charge on any atom is -0.493 e. The lowest BCUT2D eigenvalue weighted by atomic mass is 10.0. The number of carbonyl (C=O) groups is 1. The van der Waals surface area contributed by atoms with Gasteiger partial charge in [-0.1, -0.05) is 40.8 Å². The number of carbonyl (C=O) groups excluding carboxylic acids is 1. The van der Waals surface area contributed by atoms with Crippen LogP contribution in [0.4, 0.5) is 0 Å². The minimum atomic E-state index is -0.150. The largest absolute Gasteiger partial charge is 0.493 e. The summed E-state index contributed by atoms with van der Waals surface area (Å²) in [5, 5.41) is 3.74. The Labute approximate surface area is 183 Å². The number of pyridine rings is 1. The average molecular weight is 506 g/mol. The molecule has 7 heteroatoms. The Morgan fingerprint density at radius 1 is 1.03 bits per heavy atom. The Hall–Kier alpha value is -2.39. The summed E-state index contributed by atoms with van der Waals surface area (Å²) in [6, 6.07) is 15.0. The van der Waals surface area contributed by atoms with Crippen molar-refractivity contribution in [2.24, 2.45) is 0 Å². The number of ether oxygens (including phenoxy) is 3. The van der Waals surface area contributed by atoms with Crippen LogP contribution >= 0.6 is 22.6 Å². The van der Waals surface area contributed by atoms with Crippen LogP contribution < -0.4 is 14.8 Å². The average Bonchev–Trinajstić information content (AvgIpc) is 2.77. The van der Waals surface area contributed by atoms with Gasteiger partial charge < -0.3 is 19.5 Å². The number of amides is 1. The van der Waals surface area contributed by atoms with E-state index in [0.29, 0.717) is 42.5 Å². The van der Waals surface area contributed by atoms with Crippen LogP contribution in [-0.2, 0) is 4.74 Å².